The molecule has 1 aromatic rings. The molecule has 4 rings (SSSR count). The fourth-order valence-corrected chi connectivity index (χ4v) is 5.21. The third-order valence-corrected chi connectivity index (χ3v) is 7.12. The fourth-order valence-electron chi connectivity index (χ4n) is 5.21. The number of unbranched alkanes of at least 4 members (excludes halogenated alkanes) is 1. The van der Waals surface area contributed by atoms with E-state index in [1.807, 2.05) is 11.6 Å². The summed E-state index contributed by atoms with van der Waals surface area (Å²) in [6.07, 6.45) is 9.63. The number of esters is 1. The van der Waals surface area contributed by atoms with Crippen molar-refractivity contribution in [3.05, 3.63) is 17.0 Å². The van der Waals surface area contributed by atoms with Gasteiger partial charge in [-0.2, -0.15) is 5.10 Å². The summed E-state index contributed by atoms with van der Waals surface area (Å²) in [6, 6.07) is 0. The van der Waals surface area contributed by atoms with Gasteiger partial charge in [0.25, 0.3) is 5.91 Å². The van der Waals surface area contributed by atoms with Crippen molar-refractivity contribution in [2.24, 2.45) is 11.3 Å². The van der Waals surface area contributed by atoms with Gasteiger partial charge in [-0.1, -0.05) is 12.8 Å². The van der Waals surface area contributed by atoms with Gasteiger partial charge in [0.2, 0.25) is 0 Å². The molecule has 1 aliphatic carbocycles. The van der Waals surface area contributed by atoms with Crippen LogP contribution in [0.3, 0.4) is 0 Å². The number of ether oxygens (including phenoxy) is 2. The van der Waals surface area contributed by atoms with E-state index in [0.29, 0.717) is 19.7 Å². The van der Waals surface area contributed by atoms with E-state index in [0.717, 1.165) is 94.4 Å². The number of nitrogens with zero attached hydrogens (tertiary/aromatic N) is 2. The second-order valence-corrected chi connectivity index (χ2v) is 9.17. The molecule has 1 saturated carbocycles. The van der Waals surface area contributed by atoms with E-state index in [1.54, 1.807) is 0 Å². The van der Waals surface area contributed by atoms with Crippen LogP contribution < -0.4 is 5.32 Å². The van der Waals surface area contributed by atoms with E-state index in [4.69, 9.17) is 14.6 Å². The van der Waals surface area contributed by atoms with Crippen LogP contribution in [0.25, 0.3) is 0 Å². The van der Waals surface area contributed by atoms with Crippen molar-refractivity contribution < 1.29 is 19.1 Å². The summed E-state index contributed by atoms with van der Waals surface area (Å²) in [6.45, 7) is 5.42. The fraction of sp³-hybridized carbons (Fsp3) is 0.783. The first kappa shape index (κ1) is 21.3. The SMILES string of the molecule is CCn1nc(CCCCOC(=O)C2CCCC2)c2c1C(=O)NCC1(CCOCC1)C2. The molecule has 1 amide bonds. The van der Waals surface area contributed by atoms with Crippen LogP contribution in [0.4, 0.5) is 0 Å². The van der Waals surface area contributed by atoms with Gasteiger partial charge >= 0.3 is 5.97 Å². The molecule has 7 nitrogen and oxygen atoms in total. The molecule has 1 aromatic heterocycles. The van der Waals surface area contributed by atoms with E-state index < -0.39 is 0 Å². The summed E-state index contributed by atoms with van der Waals surface area (Å²) in [7, 11) is 0. The molecule has 2 aliphatic heterocycles. The van der Waals surface area contributed by atoms with E-state index >= 15 is 0 Å². The van der Waals surface area contributed by atoms with Gasteiger partial charge in [-0.05, 0) is 63.7 Å². The lowest BCUT2D eigenvalue weighted by atomic mass is 9.75. The molecule has 0 unspecified atom stereocenters. The van der Waals surface area contributed by atoms with E-state index in [-0.39, 0.29) is 23.2 Å². The highest BCUT2D eigenvalue weighted by Crippen LogP contribution is 2.38. The van der Waals surface area contributed by atoms with Crippen LogP contribution >= 0.6 is 0 Å². The van der Waals surface area contributed by atoms with Crippen molar-refractivity contribution in [2.45, 2.75) is 77.7 Å². The van der Waals surface area contributed by atoms with Gasteiger partial charge in [0.05, 0.1) is 18.2 Å². The third-order valence-electron chi connectivity index (χ3n) is 7.12. The monoisotopic (exact) mass is 417 g/mol. The van der Waals surface area contributed by atoms with Crippen molar-refractivity contribution in [1.82, 2.24) is 15.1 Å². The average Bonchev–Trinajstić information content (AvgIpc) is 3.38. The summed E-state index contributed by atoms with van der Waals surface area (Å²) in [5.74, 6) is 0.101. The molecular formula is C23H35N3O4. The molecule has 0 bridgehead atoms. The van der Waals surface area contributed by atoms with Gasteiger partial charge < -0.3 is 14.8 Å². The van der Waals surface area contributed by atoms with Crippen molar-refractivity contribution in [3.8, 4) is 0 Å². The normalized spacial score (nSPS) is 21.3. The number of carbonyl (C=O) groups excluding carboxylic acids is 2. The highest BCUT2D eigenvalue weighted by atomic mass is 16.5. The summed E-state index contributed by atoms with van der Waals surface area (Å²) < 4.78 is 12.9. The first-order valence-electron chi connectivity index (χ1n) is 11.7. The molecule has 1 saturated heterocycles. The molecule has 2 fully saturated rings. The molecule has 7 heteroatoms. The maximum absolute atomic E-state index is 12.8. The van der Waals surface area contributed by atoms with Gasteiger partial charge in [-0.15, -0.1) is 0 Å². The van der Waals surface area contributed by atoms with Gasteiger partial charge in [0, 0.05) is 31.9 Å². The molecule has 3 heterocycles. The number of aryl methyl sites for hydroxylation is 2. The molecule has 0 aromatic carbocycles. The quantitative estimate of drug-likeness (QED) is 0.545. The number of amides is 1. The highest BCUT2D eigenvalue weighted by Gasteiger charge is 2.39. The number of rotatable bonds is 7. The smallest absolute Gasteiger partial charge is 0.308 e. The molecule has 30 heavy (non-hydrogen) atoms. The molecule has 1 spiro atoms. The number of hydrogen-bond donors (Lipinski definition) is 1. The first-order chi connectivity index (χ1) is 14.6. The number of hydrogen-bond acceptors (Lipinski definition) is 5. The lowest BCUT2D eigenvalue weighted by molar-refractivity contribution is -0.148. The Bertz CT molecular complexity index is 761. The molecule has 0 radical (unpaired) electrons. The summed E-state index contributed by atoms with van der Waals surface area (Å²) in [5.41, 5.74) is 2.98. The molecule has 0 atom stereocenters. The lowest BCUT2D eigenvalue weighted by Gasteiger charge is -2.36. The van der Waals surface area contributed by atoms with E-state index in [2.05, 4.69) is 5.32 Å². The largest absolute Gasteiger partial charge is 0.465 e. The van der Waals surface area contributed by atoms with E-state index in [9.17, 15) is 9.59 Å². The first-order valence-corrected chi connectivity index (χ1v) is 11.7. The Kier molecular flexibility index (Phi) is 6.76. The number of carbonyl (C=O) groups is 2. The Labute approximate surface area is 178 Å². The van der Waals surface area contributed by atoms with Crippen LogP contribution in [0, 0.1) is 11.3 Å². The second kappa shape index (κ2) is 9.50. The summed E-state index contributed by atoms with van der Waals surface area (Å²) >= 11 is 0. The average molecular weight is 418 g/mol. The van der Waals surface area contributed by atoms with Gasteiger partial charge in [0.15, 0.2) is 0 Å². The van der Waals surface area contributed by atoms with Crippen molar-refractivity contribution in [3.63, 3.8) is 0 Å². The third kappa shape index (κ3) is 4.56. The zero-order valence-corrected chi connectivity index (χ0v) is 18.2. The minimum Gasteiger partial charge on any atom is -0.465 e. The zero-order chi connectivity index (χ0) is 21.0. The summed E-state index contributed by atoms with van der Waals surface area (Å²) in [5, 5.41) is 7.95. The van der Waals surface area contributed by atoms with E-state index in [1.165, 1.54) is 0 Å². The standard InChI is InChI=1S/C23H35N3O4/c1-2-26-20-18(15-23(16-24-21(20)27)10-13-29-14-11-23)19(25-26)9-5-6-12-30-22(28)17-7-3-4-8-17/h17H,2-16H2,1H3,(H,24,27). The zero-order valence-electron chi connectivity index (χ0n) is 18.2. The minimum absolute atomic E-state index is 0.000500. The van der Waals surface area contributed by atoms with Crippen LogP contribution in [-0.2, 0) is 33.7 Å². The van der Waals surface area contributed by atoms with Crippen molar-refractivity contribution in [2.75, 3.05) is 26.4 Å². The Balaban J connectivity index is 1.38. The molecule has 1 N–H and O–H groups in total. The van der Waals surface area contributed by atoms with Crippen molar-refractivity contribution >= 4 is 11.9 Å². The topological polar surface area (TPSA) is 82.5 Å². The number of aromatic nitrogens is 2. The highest BCUT2D eigenvalue weighted by molar-refractivity contribution is 5.94. The van der Waals surface area contributed by atoms with Crippen LogP contribution in [0.2, 0.25) is 0 Å². The van der Waals surface area contributed by atoms with Gasteiger partial charge in [-0.25, -0.2) is 0 Å². The maximum Gasteiger partial charge on any atom is 0.308 e. The van der Waals surface area contributed by atoms with Gasteiger partial charge in [0.1, 0.15) is 5.69 Å². The van der Waals surface area contributed by atoms with Crippen molar-refractivity contribution in [1.29, 1.82) is 0 Å². The van der Waals surface area contributed by atoms with Gasteiger partial charge in [-0.3, -0.25) is 14.3 Å². The number of fused-ring (bicyclic) bond motifs is 1. The Morgan fingerprint density at radius 2 is 2.03 bits per heavy atom. The lowest BCUT2D eigenvalue weighted by Crippen LogP contribution is -2.40. The molecule has 3 aliphatic rings. The number of nitrogens with one attached hydrogen (secondary N) is 1. The molecule has 166 valence electrons. The Morgan fingerprint density at radius 3 is 2.77 bits per heavy atom. The Morgan fingerprint density at radius 1 is 1.27 bits per heavy atom. The maximum atomic E-state index is 12.8. The predicted octanol–water partition coefficient (Wildman–Crippen LogP) is 3.04. The predicted molar refractivity (Wildman–Crippen MR) is 112 cm³/mol. The summed E-state index contributed by atoms with van der Waals surface area (Å²) in [4.78, 5) is 24.9. The van der Waals surface area contributed by atoms with Crippen LogP contribution in [0.1, 0.15) is 80.0 Å². The van der Waals surface area contributed by atoms with Crippen LogP contribution in [0.5, 0.6) is 0 Å². The second-order valence-electron chi connectivity index (χ2n) is 9.17. The minimum atomic E-state index is -0.0187. The molecular weight excluding hydrogens is 382 g/mol. The Hall–Kier alpha value is -1.89. The van der Waals surface area contributed by atoms with Crippen LogP contribution in [0.15, 0.2) is 0 Å². The van der Waals surface area contributed by atoms with Crippen LogP contribution in [-0.4, -0.2) is 48.0 Å².